The molecule has 0 aliphatic carbocycles. The maximum atomic E-state index is 12.0. The summed E-state index contributed by atoms with van der Waals surface area (Å²) in [5.74, 6) is -0.699. The molecule has 0 unspecified atom stereocenters. The molecule has 1 rings (SSSR count). The quantitative estimate of drug-likeness (QED) is 0.582. The zero-order chi connectivity index (χ0) is 14.6. The topological polar surface area (TPSA) is 55.8 Å². The van der Waals surface area contributed by atoms with Crippen molar-refractivity contribution in [3.8, 4) is 0 Å². The third-order valence-electron chi connectivity index (χ3n) is 2.91. The molecule has 19 heavy (non-hydrogen) atoms. The first-order valence-electron chi connectivity index (χ1n) is 6.55. The molecule has 0 N–H and O–H groups in total. The van der Waals surface area contributed by atoms with Crippen molar-refractivity contribution < 1.29 is 19.1 Å². The summed E-state index contributed by atoms with van der Waals surface area (Å²) < 4.78 is 10.3. The van der Waals surface area contributed by atoms with Gasteiger partial charge in [0.15, 0.2) is 0 Å². The summed E-state index contributed by atoms with van der Waals surface area (Å²) >= 11 is 0. The van der Waals surface area contributed by atoms with Crippen LogP contribution < -0.4 is 0 Å². The van der Waals surface area contributed by atoms with Crippen LogP contribution in [0.4, 0.5) is 4.79 Å². The van der Waals surface area contributed by atoms with Crippen molar-refractivity contribution in [3.05, 3.63) is 12.7 Å². The lowest BCUT2D eigenvalue weighted by molar-refractivity contribution is -0.148. The van der Waals surface area contributed by atoms with Crippen LogP contribution in [0.2, 0.25) is 0 Å². The molecule has 0 aromatic heterocycles. The second-order valence-electron chi connectivity index (χ2n) is 5.64. The Balaban J connectivity index is 2.68. The fourth-order valence-electron chi connectivity index (χ4n) is 2.04. The summed E-state index contributed by atoms with van der Waals surface area (Å²) in [6.07, 6.45) is 1.30. The van der Waals surface area contributed by atoms with Crippen LogP contribution in [0.1, 0.15) is 27.7 Å². The average Bonchev–Trinajstić information content (AvgIpc) is 2.71. The number of carbonyl (C=O) groups excluding carboxylic acids is 2. The average molecular weight is 269 g/mol. The van der Waals surface area contributed by atoms with Crippen LogP contribution in [0.5, 0.6) is 0 Å². The van der Waals surface area contributed by atoms with Gasteiger partial charge in [-0.1, -0.05) is 6.08 Å². The maximum Gasteiger partial charge on any atom is 0.410 e. The molecule has 1 amide bonds. The van der Waals surface area contributed by atoms with E-state index < -0.39 is 11.7 Å². The first kappa shape index (κ1) is 15.5. The molecule has 0 spiro atoms. The van der Waals surface area contributed by atoms with E-state index in [2.05, 4.69) is 6.58 Å². The molecule has 0 saturated carbocycles. The highest BCUT2D eigenvalue weighted by atomic mass is 16.6. The number of likely N-dealkylation sites (tertiary alicyclic amines) is 1. The first-order chi connectivity index (χ1) is 8.78. The van der Waals surface area contributed by atoms with E-state index in [0.717, 1.165) is 0 Å². The van der Waals surface area contributed by atoms with Crippen molar-refractivity contribution in [3.63, 3.8) is 0 Å². The molecule has 5 heteroatoms. The lowest BCUT2D eigenvalue weighted by atomic mass is 9.97. The van der Waals surface area contributed by atoms with Crippen molar-refractivity contribution in [2.75, 3.05) is 19.7 Å². The molecule has 0 radical (unpaired) electrons. The Morgan fingerprint density at radius 1 is 1.37 bits per heavy atom. The highest BCUT2D eigenvalue weighted by Crippen LogP contribution is 2.27. The fourth-order valence-corrected chi connectivity index (χ4v) is 2.04. The normalized spacial score (nSPS) is 23.1. The third kappa shape index (κ3) is 4.26. The highest BCUT2D eigenvalue weighted by Gasteiger charge is 2.40. The van der Waals surface area contributed by atoms with Crippen molar-refractivity contribution in [2.24, 2.45) is 11.8 Å². The van der Waals surface area contributed by atoms with Gasteiger partial charge in [-0.15, -0.1) is 6.58 Å². The van der Waals surface area contributed by atoms with Crippen LogP contribution >= 0.6 is 0 Å². The van der Waals surface area contributed by atoms with E-state index >= 15 is 0 Å². The molecule has 5 nitrogen and oxygen atoms in total. The molecule has 108 valence electrons. The van der Waals surface area contributed by atoms with Gasteiger partial charge in [-0.05, 0) is 27.7 Å². The molecule has 1 heterocycles. The van der Waals surface area contributed by atoms with Crippen molar-refractivity contribution in [1.82, 2.24) is 4.90 Å². The van der Waals surface area contributed by atoms with Gasteiger partial charge in [0, 0.05) is 19.0 Å². The summed E-state index contributed by atoms with van der Waals surface area (Å²) in [7, 11) is 0. The zero-order valence-corrected chi connectivity index (χ0v) is 12.1. The lowest BCUT2D eigenvalue weighted by Crippen LogP contribution is -2.36. The number of amides is 1. The number of carbonyl (C=O) groups is 2. The lowest BCUT2D eigenvalue weighted by Gasteiger charge is -2.24. The first-order valence-corrected chi connectivity index (χ1v) is 6.55. The Hall–Kier alpha value is -1.52. The van der Waals surface area contributed by atoms with Gasteiger partial charge in [-0.3, -0.25) is 4.79 Å². The summed E-state index contributed by atoms with van der Waals surface area (Å²) in [5.41, 5.74) is -0.539. The van der Waals surface area contributed by atoms with Gasteiger partial charge in [-0.2, -0.15) is 0 Å². The van der Waals surface area contributed by atoms with Crippen molar-refractivity contribution >= 4 is 12.1 Å². The van der Waals surface area contributed by atoms with Gasteiger partial charge in [0.1, 0.15) is 5.60 Å². The monoisotopic (exact) mass is 269 g/mol. The summed E-state index contributed by atoms with van der Waals surface area (Å²) in [6.45, 7) is 12.0. The predicted molar refractivity (Wildman–Crippen MR) is 71.6 cm³/mol. The fraction of sp³-hybridized carbons (Fsp3) is 0.714. The van der Waals surface area contributed by atoms with Crippen LogP contribution in [0.15, 0.2) is 12.7 Å². The molecular weight excluding hydrogens is 246 g/mol. The molecule has 1 aliphatic rings. The Labute approximate surface area is 114 Å². The van der Waals surface area contributed by atoms with E-state index in [4.69, 9.17) is 9.47 Å². The van der Waals surface area contributed by atoms with Crippen LogP contribution in [0.25, 0.3) is 0 Å². The molecule has 0 aromatic rings. The number of hydrogen-bond donors (Lipinski definition) is 0. The van der Waals surface area contributed by atoms with Gasteiger partial charge in [0.05, 0.1) is 12.5 Å². The molecule has 1 fully saturated rings. The molecule has 2 atom stereocenters. The minimum Gasteiger partial charge on any atom is -0.466 e. The maximum absolute atomic E-state index is 12.0. The molecular formula is C14H23NO4. The van der Waals surface area contributed by atoms with Crippen LogP contribution in [0, 0.1) is 11.8 Å². The van der Waals surface area contributed by atoms with Gasteiger partial charge >= 0.3 is 12.1 Å². The SMILES string of the molecule is C=C[C@H]1CN(C(=O)OC(C)(C)C)C[C@@H]1C(=O)OCC. The van der Waals surface area contributed by atoms with Gasteiger partial charge < -0.3 is 14.4 Å². The van der Waals surface area contributed by atoms with E-state index in [0.29, 0.717) is 19.7 Å². The van der Waals surface area contributed by atoms with Crippen LogP contribution in [0.3, 0.4) is 0 Å². The molecule has 1 saturated heterocycles. The smallest absolute Gasteiger partial charge is 0.410 e. The minimum absolute atomic E-state index is 0.0773. The Kier molecular flexibility index (Phi) is 4.97. The standard InChI is InChI=1S/C14H23NO4/c1-6-10-8-15(13(17)19-14(3,4)5)9-11(10)12(16)18-7-2/h6,10-11H,1,7-9H2,2-5H3/t10-,11-/m0/s1. The zero-order valence-electron chi connectivity index (χ0n) is 12.1. The van der Waals surface area contributed by atoms with Crippen molar-refractivity contribution in [1.29, 1.82) is 0 Å². The van der Waals surface area contributed by atoms with E-state index in [1.165, 1.54) is 0 Å². The highest BCUT2D eigenvalue weighted by molar-refractivity contribution is 5.76. The Bertz CT molecular complexity index is 359. The van der Waals surface area contributed by atoms with E-state index in [1.54, 1.807) is 17.9 Å². The number of esters is 1. The molecule has 0 aromatic carbocycles. The summed E-state index contributed by atoms with van der Waals surface area (Å²) in [5, 5.41) is 0. The number of rotatable bonds is 3. The third-order valence-corrected chi connectivity index (χ3v) is 2.91. The van der Waals surface area contributed by atoms with Gasteiger partial charge in [0.25, 0.3) is 0 Å². The van der Waals surface area contributed by atoms with E-state index in [1.807, 2.05) is 20.8 Å². The molecule has 1 aliphatic heterocycles. The van der Waals surface area contributed by atoms with Crippen LogP contribution in [-0.2, 0) is 14.3 Å². The largest absolute Gasteiger partial charge is 0.466 e. The Morgan fingerprint density at radius 3 is 2.47 bits per heavy atom. The van der Waals surface area contributed by atoms with E-state index in [-0.39, 0.29) is 17.8 Å². The van der Waals surface area contributed by atoms with E-state index in [9.17, 15) is 9.59 Å². The summed E-state index contributed by atoms with van der Waals surface area (Å²) in [4.78, 5) is 25.3. The molecule has 0 bridgehead atoms. The van der Waals surface area contributed by atoms with Gasteiger partial charge in [-0.25, -0.2) is 4.79 Å². The predicted octanol–water partition coefficient (Wildman–Crippen LogP) is 2.22. The van der Waals surface area contributed by atoms with Gasteiger partial charge in [0.2, 0.25) is 0 Å². The Morgan fingerprint density at radius 2 is 2.00 bits per heavy atom. The van der Waals surface area contributed by atoms with Crippen molar-refractivity contribution in [2.45, 2.75) is 33.3 Å². The second kappa shape index (κ2) is 6.08. The summed E-state index contributed by atoms with van der Waals surface area (Å²) in [6, 6.07) is 0. The number of ether oxygens (including phenoxy) is 2. The number of hydrogen-bond acceptors (Lipinski definition) is 4. The number of nitrogens with zero attached hydrogens (tertiary/aromatic N) is 1. The minimum atomic E-state index is -0.539. The second-order valence-corrected chi connectivity index (χ2v) is 5.64. The van der Waals surface area contributed by atoms with Crippen LogP contribution in [-0.4, -0.2) is 42.3 Å².